The summed E-state index contributed by atoms with van der Waals surface area (Å²) in [6, 6.07) is 8.85. The Morgan fingerprint density at radius 2 is 1.94 bits per heavy atom. The van der Waals surface area contributed by atoms with Crippen LogP contribution in [0.25, 0.3) is 0 Å². The molecular weight excluding hydrogens is 198 g/mol. The lowest BCUT2D eigenvalue weighted by Crippen LogP contribution is -2.48. The summed E-state index contributed by atoms with van der Waals surface area (Å²) in [5.74, 6) is 0.300. The van der Waals surface area contributed by atoms with Gasteiger partial charge in [-0.15, -0.1) is 0 Å². The number of nitrogens with zero attached hydrogens (tertiary/aromatic N) is 1. The first kappa shape index (κ1) is 9.88. The zero-order valence-corrected chi connectivity index (χ0v) is 9.86. The predicted octanol–water partition coefficient (Wildman–Crippen LogP) is 2.47. The van der Waals surface area contributed by atoms with Gasteiger partial charge in [0.2, 0.25) is 5.91 Å². The molecule has 1 heterocycles. The van der Waals surface area contributed by atoms with Crippen LogP contribution >= 0.6 is 0 Å². The van der Waals surface area contributed by atoms with E-state index in [4.69, 9.17) is 0 Å². The average Bonchev–Trinajstić information content (AvgIpc) is 3.08. The minimum Gasteiger partial charge on any atom is -0.335 e. The molecule has 0 saturated heterocycles. The highest BCUT2D eigenvalue weighted by atomic mass is 16.2. The Hall–Kier alpha value is -1.31. The summed E-state index contributed by atoms with van der Waals surface area (Å²) < 4.78 is 0. The molecule has 1 aliphatic carbocycles. The molecule has 1 fully saturated rings. The van der Waals surface area contributed by atoms with Crippen LogP contribution in [0, 0.1) is 0 Å². The molecule has 1 amide bonds. The summed E-state index contributed by atoms with van der Waals surface area (Å²) in [5.41, 5.74) is 2.17. The van der Waals surface area contributed by atoms with Crippen LogP contribution in [-0.4, -0.2) is 16.8 Å². The third kappa shape index (κ3) is 1.29. The summed E-state index contributed by atoms with van der Waals surface area (Å²) in [4.78, 5) is 14.5. The first-order chi connectivity index (χ1) is 7.60. The van der Waals surface area contributed by atoms with Crippen molar-refractivity contribution < 1.29 is 4.79 Å². The molecule has 0 N–H and O–H groups in total. The summed E-state index contributed by atoms with van der Waals surface area (Å²) in [6.07, 6.45) is 2.37. The van der Waals surface area contributed by atoms with Gasteiger partial charge in [0, 0.05) is 12.6 Å². The smallest absolute Gasteiger partial charge is 0.233 e. The van der Waals surface area contributed by atoms with E-state index in [1.54, 1.807) is 0 Å². The van der Waals surface area contributed by atoms with Crippen LogP contribution in [0.1, 0.15) is 37.8 Å². The second-order valence-electron chi connectivity index (χ2n) is 5.45. The summed E-state index contributed by atoms with van der Waals surface area (Å²) in [7, 11) is 0. The molecule has 1 aliphatic heterocycles. The molecule has 84 valence electrons. The van der Waals surface area contributed by atoms with Gasteiger partial charge in [0.15, 0.2) is 0 Å². The molecule has 1 aromatic carbocycles. The lowest BCUT2D eigenvalue weighted by molar-refractivity contribution is -0.138. The molecule has 0 radical (unpaired) electrons. The Bertz CT molecular complexity index is 446. The molecule has 3 rings (SSSR count). The minimum atomic E-state index is -0.350. The molecule has 0 aromatic heterocycles. The van der Waals surface area contributed by atoms with Crippen molar-refractivity contribution in [3.8, 4) is 0 Å². The highest BCUT2D eigenvalue weighted by Crippen LogP contribution is 2.39. The lowest BCUT2D eigenvalue weighted by Gasteiger charge is -2.39. The van der Waals surface area contributed by atoms with Crippen LogP contribution in [0.4, 0.5) is 0 Å². The number of carbonyl (C=O) groups is 1. The lowest BCUT2D eigenvalue weighted by atomic mass is 9.77. The fourth-order valence-electron chi connectivity index (χ4n) is 2.68. The molecule has 2 nitrogen and oxygen atoms in total. The average molecular weight is 215 g/mol. The fraction of sp³-hybridized carbons (Fsp3) is 0.500. The summed E-state index contributed by atoms with van der Waals surface area (Å²) in [6.45, 7) is 4.90. The van der Waals surface area contributed by atoms with Gasteiger partial charge in [-0.2, -0.15) is 0 Å². The van der Waals surface area contributed by atoms with Gasteiger partial charge < -0.3 is 4.90 Å². The van der Waals surface area contributed by atoms with Gasteiger partial charge in [0.05, 0.1) is 5.41 Å². The molecule has 0 spiro atoms. The molecule has 2 heteroatoms. The van der Waals surface area contributed by atoms with E-state index in [1.807, 2.05) is 19.9 Å². The van der Waals surface area contributed by atoms with E-state index in [-0.39, 0.29) is 5.41 Å². The molecule has 0 atom stereocenters. The number of hydrogen-bond donors (Lipinski definition) is 0. The quantitative estimate of drug-likeness (QED) is 0.704. The van der Waals surface area contributed by atoms with Crippen molar-refractivity contribution in [1.82, 2.24) is 4.90 Å². The summed E-state index contributed by atoms with van der Waals surface area (Å²) >= 11 is 0. The Morgan fingerprint density at radius 3 is 2.62 bits per heavy atom. The number of rotatable bonds is 1. The zero-order chi connectivity index (χ0) is 11.3. The fourth-order valence-corrected chi connectivity index (χ4v) is 2.68. The number of hydrogen-bond acceptors (Lipinski definition) is 1. The highest BCUT2D eigenvalue weighted by Gasteiger charge is 2.44. The number of benzene rings is 1. The Morgan fingerprint density at radius 1 is 1.25 bits per heavy atom. The van der Waals surface area contributed by atoms with Gasteiger partial charge in [0.1, 0.15) is 0 Å². The molecule has 0 unspecified atom stereocenters. The van der Waals surface area contributed by atoms with E-state index in [9.17, 15) is 4.79 Å². The van der Waals surface area contributed by atoms with Gasteiger partial charge in [-0.3, -0.25) is 4.79 Å². The van der Waals surface area contributed by atoms with Crippen molar-refractivity contribution in [3.05, 3.63) is 35.4 Å². The van der Waals surface area contributed by atoms with Crippen molar-refractivity contribution in [1.29, 1.82) is 0 Å². The third-order valence-corrected chi connectivity index (χ3v) is 3.81. The van der Waals surface area contributed by atoms with Gasteiger partial charge in [-0.05, 0) is 37.8 Å². The zero-order valence-electron chi connectivity index (χ0n) is 9.86. The molecule has 0 bridgehead atoms. The Balaban J connectivity index is 2.08. The Kier molecular flexibility index (Phi) is 1.91. The predicted molar refractivity (Wildman–Crippen MR) is 63.0 cm³/mol. The second kappa shape index (κ2) is 3.09. The summed E-state index contributed by atoms with van der Waals surface area (Å²) in [5, 5.41) is 0. The normalized spacial score (nSPS) is 23.1. The van der Waals surface area contributed by atoms with Crippen LogP contribution in [0.15, 0.2) is 24.3 Å². The van der Waals surface area contributed by atoms with Crippen molar-refractivity contribution >= 4 is 5.91 Å². The van der Waals surface area contributed by atoms with Gasteiger partial charge in [-0.25, -0.2) is 0 Å². The van der Waals surface area contributed by atoms with E-state index < -0.39 is 0 Å². The number of fused-ring (bicyclic) bond motifs is 1. The van der Waals surface area contributed by atoms with Gasteiger partial charge >= 0.3 is 0 Å². The van der Waals surface area contributed by atoms with E-state index >= 15 is 0 Å². The van der Waals surface area contributed by atoms with E-state index in [0.717, 1.165) is 6.54 Å². The second-order valence-corrected chi connectivity index (χ2v) is 5.45. The van der Waals surface area contributed by atoms with E-state index in [1.165, 1.54) is 24.0 Å². The number of carbonyl (C=O) groups excluding carboxylic acids is 1. The topological polar surface area (TPSA) is 20.3 Å². The van der Waals surface area contributed by atoms with Crippen molar-refractivity contribution in [3.63, 3.8) is 0 Å². The van der Waals surface area contributed by atoms with Gasteiger partial charge in [0.25, 0.3) is 0 Å². The molecule has 1 aromatic rings. The van der Waals surface area contributed by atoms with Crippen LogP contribution in [0.5, 0.6) is 0 Å². The maximum absolute atomic E-state index is 12.4. The maximum Gasteiger partial charge on any atom is 0.233 e. The van der Waals surface area contributed by atoms with E-state index in [2.05, 4.69) is 23.1 Å². The largest absolute Gasteiger partial charge is 0.335 e. The van der Waals surface area contributed by atoms with Crippen molar-refractivity contribution in [2.24, 2.45) is 0 Å². The van der Waals surface area contributed by atoms with Crippen LogP contribution < -0.4 is 0 Å². The Labute approximate surface area is 96.3 Å². The van der Waals surface area contributed by atoms with Gasteiger partial charge in [-0.1, -0.05) is 24.3 Å². The van der Waals surface area contributed by atoms with Crippen LogP contribution in [-0.2, 0) is 16.8 Å². The van der Waals surface area contributed by atoms with Crippen LogP contribution in [0.3, 0.4) is 0 Å². The van der Waals surface area contributed by atoms with Crippen LogP contribution in [0.2, 0.25) is 0 Å². The van der Waals surface area contributed by atoms with Crippen molar-refractivity contribution in [2.45, 2.75) is 44.7 Å². The first-order valence-corrected chi connectivity index (χ1v) is 6.00. The van der Waals surface area contributed by atoms with Crippen molar-refractivity contribution in [2.75, 3.05) is 0 Å². The third-order valence-electron chi connectivity index (χ3n) is 3.81. The molecule has 16 heavy (non-hydrogen) atoms. The molecule has 2 aliphatic rings. The minimum absolute atomic E-state index is 0.300. The SMILES string of the molecule is CC1(C)C(=O)N(C2CC2)Cc2ccccc21. The standard InChI is InChI=1S/C14H17NO/c1-14(2)12-6-4-3-5-10(12)9-15(13(14)16)11-7-8-11/h3-6,11H,7-9H2,1-2H3. The first-order valence-electron chi connectivity index (χ1n) is 6.00. The van der Waals surface area contributed by atoms with E-state index in [0.29, 0.717) is 11.9 Å². The molecular formula is C14H17NO. The monoisotopic (exact) mass is 215 g/mol. The highest BCUT2D eigenvalue weighted by molar-refractivity contribution is 5.89. The molecule has 1 saturated carbocycles. The maximum atomic E-state index is 12.4. The number of amides is 1.